The first-order valence-corrected chi connectivity index (χ1v) is 12.4. The van der Waals surface area contributed by atoms with Crippen LogP contribution in [0.3, 0.4) is 0 Å². The number of tetrazole rings is 1. The largest absolute Gasteiger partial charge is 0.477 e. The fraction of sp³-hybridized carbons (Fsp3) is 0.300. The molecule has 16 heteroatoms. The Hall–Kier alpha value is -3.92. The number of carbonyl (C=O) groups excluding carboxylic acids is 2. The van der Waals surface area contributed by atoms with Crippen LogP contribution in [-0.4, -0.2) is 88.7 Å². The first kappa shape index (κ1) is 25.2. The van der Waals surface area contributed by atoms with Crippen LogP contribution in [0.1, 0.15) is 5.69 Å². The predicted octanol–water partition coefficient (Wildman–Crippen LogP) is -0.282. The molecule has 188 valence electrons. The van der Waals surface area contributed by atoms with Crippen molar-refractivity contribution in [3.63, 3.8) is 0 Å². The van der Waals surface area contributed by atoms with E-state index in [4.69, 9.17) is 10.6 Å². The number of nitrogens with two attached hydrogens (primary N) is 1. The molecule has 0 aliphatic carbocycles. The number of nitrogen functional groups attached to an aromatic ring is 1. The quantitative estimate of drug-likeness (QED) is 0.120. The summed E-state index contributed by atoms with van der Waals surface area (Å²) in [5, 5.41) is 27.5. The van der Waals surface area contributed by atoms with Crippen molar-refractivity contribution < 1.29 is 24.3 Å². The topological polar surface area (TPSA) is 191 Å². The maximum Gasteiger partial charge on any atom is 0.352 e. The second-order valence-electron chi connectivity index (χ2n) is 7.41. The Bertz CT molecular complexity index is 1280. The molecule has 2 aromatic heterocycles. The monoisotopic (exact) mass is 531 g/mol. The van der Waals surface area contributed by atoms with Gasteiger partial charge in [0.1, 0.15) is 35.7 Å². The third-order valence-electron chi connectivity index (χ3n) is 5.12. The second-order valence-corrected chi connectivity index (χ2v) is 9.46. The molecule has 0 spiro atoms. The van der Waals surface area contributed by atoms with Crippen molar-refractivity contribution in [1.29, 1.82) is 0 Å². The molecule has 4 heterocycles. The number of hydrogen-bond acceptors (Lipinski definition) is 12. The lowest BCUT2D eigenvalue weighted by molar-refractivity contribution is -0.150. The number of carboxylic acid groups (broad SMARTS) is 1. The average Bonchev–Trinajstić information content (AvgIpc) is 3.30. The molecule has 0 radical (unpaired) electrons. The molecule has 2 aliphatic rings. The number of fused-ring (bicyclic) bond motifs is 1. The smallest absolute Gasteiger partial charge is 0.352 e. The summed E-state index contributed by atoms with van der Waals surface area (Å²) in [6, 6.07) is 3.73. The number of aromatic nitrogens is 5. The van der Waals surface area contributed by atoms with Gasteiger partial charge in [0.05, 0.1) is 6.54 Å². The summed E-state index contributed by atoms with van der Waals surface area (Å²) in [6.07, 6.45) is 1.64. The zero-order chi connectivity index (χ0) is 25.8. The van der Waals surface area contributed by atoms with Crippen LogP contribution in [0.2, 0.25) is 0 Å². The molecule has 0 bridgehead atoms. The normalized spacial score (nSPS) is 19.4. The highest BCUT2D eigenvalue weighted by atomic mass is 32.2. The Morgan fingerprint density at radius 3 is 2.97 bits per heavy atom. The van der Waals surface area contributed by atoms with E-state index in [2.05, 4.69) is 37.6 Å². The second kappa shape index (κ2) is 10.8. The number of carbonyl (C=O) groups is 3. The number of oxime groups is 1. The predicted molar refractivity (Wildman–Crippen MR) is 131 cm³/mol. The van der Waals surface area contributed by atoms with Crippen molar-refractivity contribution in [2.75, 3.05) is 24.3 Å². The molecule has 1 fully saturated rings. The fourth-order valence-electron chi connectivity index (χ4n) is 3.57. The molecule has 1 unspecified atom stereocenters. The number of pyridine rings is 1. The van der Waals surface area contributed by atoms with E-state index in [0.717, 1.165) is 0 Å². The molecular weight excluding hydrogens is 510 g/mol. The van der Waals surface area contributed by atoms with Crippen LogP contribution < -0.4 is 11.1 Å². The van der Waals surface area contributed by atoms with Crippen LogP contribution in [0.5, 0.6) is 0 Å². The van der Waals surface area contributed by atoms with E-state index in [0.29, 0.717) is 23.0 Å². The molecule has 14 nitrogen and oxygen atoms in total. The van der Waals surface area contributed by atoms with Gasteiger partial charge in [0.25, 0.3) is 11.8 Å². The number of thioether (sulfide) groups is 2. The minimum absolute atomic E-state index is 0.104. The van der Waals surface area contributed by atoms with E-state index in [1.165, 1.54) is 46.3 Å². The van der Waals surface area contributed by atoms with Crippen LogP contribution in [0.25, 0.3) is 0 Å². The van der Waals surface area contributed by atoms with Crippen molar-refractivity contribution in [3.8, 4) is 0 Å². The maximum atomic E-state index is 13.0. The Kier molecular flexibility index (Phi) is 7.54. The summed E-state index contributed by atoms with van der Waals surface area (Å²) < 4.78 is 1.53. The van der Waals surface area contributed by atoms with E-state index in [-0.39, 0.29) is 28.7 Å². The van der Waals surface area contributed by atoms with Gasteiger partial charge < -0.3 is 21.0 Å². The number of carboxylic acids is 1. The number of hydrogen-bond donors (Lipinski definition) is 3. The maximum absolute atomic E-state index is 13.0. The third-order valence-corrected chi connectivity index (χ3v) is 7.51. The van der Waals surface area contributed by atoms with Crippen molar-refractivity contribution in [3.05, 3.63) is 47.8 Å². The molecule has 2 atom stereocenters. The van der Waals surface area contributed by atoms with Crippen LogP contribution >= 0.6 is 23.5 Å². The number of allylic oxidation sites excluding steroid dienone is 1. The van der Waals surface area contributed by atoms with Crippen LogP contribution in [0, 0.1) is 0 Å². The van der Waals surface area contributed by atoms with E-state index in [1.54, 1.807) is 18.2 Å². The van der Waals surface area contributed by atoms with Crippen molar-refractivity contribution >= 4 is 52.8 Å². The van der Waals surface area contributed by atoms with Gasteiger partial charge in [-0.25, -0.2) is 14.5 Å². The zero-order valence-electron chi connectivity index (χ0n) is 18.9. The first-order valence-electron chi connectivity index (χ1n) is 10.4. The summed E-state index contributed by atoms with van der Waals surface area (Å²) in [4.78, 5) is 48.0. The number of nitrogens with zero attached hydrogens (tertiary/aromatic N) is 7. The molecule has 4 rings (SSSR count). The minimum atomic E-state index is -1.23. The molecule has 0 aromatic carbocycles. The highest BCUT2D eigenvalue weighted by Gasteiger charge is 2.54. The molecule has 1 saturated heterocycles. The highest BCUT2D eigenvalue weighted by molar-refractivity contribution is 8.01. The van der Waals surface area contributed by atoms with E-state index in [1.807, 2.05) is 0 Å². The highest BCUT2D eigenvalue weighted by Crippen LogP contribution is 2.41. The van der Waals surface area contributed by atoms with Gasteiger partial charge in [-0.2, -0.15) is 0 Å². The Balaban J connectivity index is 1.49. The fourth-order valence-corrected chi connectivity index (χ4v) is 5.94. The summed E-state index contributed by atoms with van der Waals surface area (Å²) >= 11 is 2.61. The van der Waals surface area contributed by atoms with Gasteiger partial charge in [-0.3, -0.25) is 14.5 Å². The Labute approximate surface area is 213 Å². The van der Waals surface area contributed by atoms with Gasteiger partial charge in [-0.15, -0.1) is 23.4 Å². The number of amides is 2. The summed E-state index contributed by atoms with van der Waals surface area (Å²) in [5.74, 6) is -1.69. The Morgan fingerprint density at radius 2 is 2.28 bits per heavy atom. The summed E-state index contributed by atoms with van der Waals surface area (Å²) in [6.45, 7) is 4.06. The summed E-state index contributed by atoms with van der Waals surface area (Å²) in [5.41, 5.74) is 6.14. The average molecular weight is 532 g/mol. The number of aliphatic carboxylic acids is 1. The van der Waals surface area contributed by atoms with E-state index < -0.39 is 29.2 Å². The van der Waals surface area contributed by atoms with Crippen molar-refractivity contribution in [2.45, 2.75) is 23.1 Å². The molecule has 0 saturated carbocycles. The minimum Gasteiger partial charge on any atom is -0.477 e. The molecule has 2 aliphatic heterocycles. The van der Waals surface area contributed by atoms with Crippen LogP contribution in [0.4, 0.5) is 5.82 Å². The van der Waals surface area contributed by atoms with E-state index in [9.17, 15) is 19.5 Å². The van der Waals surface area contributed by atoms with Crippen LogP contribution in [0.15, 0.2) is 52.4 Å². The van der Waals surface area contributed by atoms with Gasteiger partial charge in [0, 0.05) is 11.5 Å². The molecule has 36 heavy (non-hydrogen) atoms. The number of rotatable bonds is 10. The van der Waals surface area contributed by atoms with Crippen LogP contribution in [-0.2, 0) is 25.8 Å². The van der Waals surface area contributed by atoms with Gasteiger partial charge in [0.2, 0.25) is 5.16 Å². The van der Waals surface area contributed by atoms with Gasteiger partial charge >= 0.3 is 5.97 Å². The lowest BCUT2D eigenvalue weighted by Gasteiger charge is -2.49. The Morgan fingerprint density at radius 1 is 1.47 bits per heavy atom. The lowest BCUT2D eigenvalue weighted by Crippen LogP contribution is -2.71. The number of nitrogens with one attached hydrogen (secondary N) is 1. The lowest BCUT2D eigenvalue weighted by atomic mass is 10.0. The van der Waals surface area contributed by atoms with Gasteiger partial charge in [-0.1, -0.05) is 29.1 Å². The SMILES string of the molecule is C=CCn1nnnc1SCC1=C(C(=O)O)N2C(=O)C(NC(=O)C(=NOC)c3cccc(N)n3)[C@@H]2SC1. The van der Waals surface area contributed by atoms with Crippen molar-refractivity contribution in [1.82, 2.24) is 35.4 Å². The molecule has 4 N–H and O–H groups in total. The number of β-lactam (4-membered cyclic amide) rings is 1. The first-order chi connectivity index (χ1) is 17.3. The standard InChI is InChI=1S/C20H21N9O5S2/c1-3-7-28-20(24-26-27-28)36-9-10-8-35-18-14(17(31)29(18)15(10)19(32)33)23-16(30)13(25-34-2)11-5-4-6-12(21)22-11/h3-6,14,18H,1,7-9H2,2H3,(H2,21,22)(H,23,30)(H,32,33)/t14?,18-/m0/s1. The van der Waals surface area contributed by atoms with Crippen molar-refractivity contribution in [2.24, 2.45) is 5.16 Å². The zero-order valence-corrected chi connectivity index (χ0v) is 20.5. The van der Waals surface area contributed by atoms with Gasteiger partial charge in [-0.05, 0) is 28.1 Å². The summed E-state index contributed by atoms with van der Waals surface area (Å²) in [7, 11) is 1.27. The third kappa shape index (κ3) is 4.90. The number of anilines is 1. The molecule has 2 amide bonds. The molecule has 2 aromatic rings. The molecular formula is C20H21N9O5S2. The van der Waals surface area contributed by atoms with Gasteiger partial charge in [0.15, 0.2) is 5.71 Å². The van der Waals surface area contributed by atoms with E-state index >= 15 is 0 Å².